The molecule has 2 heterocycles. The number of carbonyl (C=O) groups excluding carboxylic acids is 2. The number of hydrogen-bond donors (Lipinski definition) is 3. The first-order valence-corrected chi connectivity index (χ1v) is 8.53. The number of rotatable bonds is 7. The molecule has 3 rings (SSSR count). The maximum atomic E-state index is 13.9. The molecule has 1 aliphatic carbocycles. The summed E-state index contributed by atoms with van der Waals surface area (Å²) in [5.41, 5.74) is 0.141. The molecule has 3 N–H and O–H groups in total. The van der Waals surface area contributed by atoms with Crippen molar-refractivity contribution in [3.05, 3.63) is 12.0 Å². The molecule has 2 amide bonds. The number of amides is 2. The van der Waals surface area contributed by atoms with Gasteiger partial charge < -0.3 is 16.0 Å². The Morgan fingerprint density at radius 1 is 1.40 bits per heavy atom. The van der Waals surface area contributed by atoms with Crippen molar-refractivity contribution in [3.8, 4) is 6.07 Å². The van der Waals surface area contributed by atoms with Crippen molar-refractivity contribution in [2.24, 2.45) is 5.92 Å². The van der Waals surface area contributed by atoms with Gasteiger partial charge in [0, 0.05) is 19.0 Å². The zero-order valence-corrected chi connectivity index (χ0v) is 14.0. The van der Waals surface area contributed by atoms with E-state index in [-0.39, 0.29) is 29.7 Å². The Hall–Kier alpha value is -2.80. The summed E-state index contributed by atoms with van der Waals surface area (Å²) in [5, 5.41) is 17.1. The van der Waals surface area contributed by atoms with Crippen LogP contribution in [0.5, 0.6) is 0 Å². The van der Waals surface area contributed by atoms with E-state index in [1.165, 1.54) is 11.3 Å². The molecule has 0 atom stereocenters. The number of pyridine rings is 1. The predicted molar refractivity (Wildman–Crippen MR) is 90.5 cm³/mol. The second kappa shape index (κ2) is 7.40. The lowest BCUT2D eigenvalue weighted by atomic mass is 10.3. The van der Waals surface area contributed by atoms with Gasteiger partial charge in [-0.05, 0) is 12.8 Å². The van der Waals surface area contributed by atoms with Crippen molar-refractivity contribution in [1.82, 2.24) is 15.3 Å². The van der Waals surface area contributed by atoms with Gasteiger partial charge in [-0.1, -0.05) is 11.3 Å². The highest BCUT2D eigenvalue weighted by Gasteiger charge is 2.30. The molecule has 0 saturated heterocycles. The van der Waals surface area contributed by atoms with Crippen molar-refractivity contribution in [2.45, 2.75) is 19.3 Å². The van der Waals surface area contributed by atoms with Crippen molar-refractivity contribution in [1.29, 1.82) is 5.26 Å². The molecule has 2 aromatic heterocycles. The Morgan fingerprint density at radius 2 is 2.20 bits per heavy atom. The van der Waals surface area contributed by atoms with Crippen LogP contribution in [-0.4, -0.2) is 34.9 Å². The Bertz CT molecular complexity index is 858. The van der Waals surface area contributed by atoms with Crippen LogP contribution < -0.4 is 16.0 Å². The van der Waals surface area contributed by atoms with Crippen LogP contribution >= 0.6 is 11.3 Å². The molecular formula is C15H15FN6O2S. The summed E-state index contributed by atoms with van der Waals surface area (Å²) in [5.74, 6) is -0.700. The summed E-state index contributed by atoms with van der Waals surface area (Å²) in [6.45, 7) is 0.679. The minimum Gasteiger partial charge on any atom is -0.360 e. The van der Waals surface area contributed by atoms with E-state index in [1.54, 1.807) is 6.07 Å². The average molecular weight is 362 g/mol. The zero-order chi connectivity index (χ0) is 17.8. The standard InChI is InChI=1S/C15H15FN6O2S/c16-9-7-20-13(22-14(24)8-1-2-8)12-11(9)21-15(25-12)19-6-5-18-10(23)3-4-17/h7-8H,1-3,5-6H2,(H,18,23)(H,19,21)(H,20,22,24). The summed E-state index contributed by atoms with van der Waals surface area (Å²) < 4.78 is 14.4. The van der Waals surface area contributed by atoms with Crippen LogP contribution in [0.25, 0.3) is 10.2 Å². The van der Waals surface area contributed by atoms with Crippen molar-refractivity contribution in [3.63, 3.8) is 0 Å². The highest BCUT2D eigenvalue weighted by molar-refractivity contribution is 7.22. The minimum atomic E-state index is -0.564. The van der Waals surface area contributed by atoms with Crippen LogP contribution in [0.15, 0.2) is 6.20 Å². The lowest BCUT2D eigenvalue weighted by Gasteiger charge is -2.04. The number of fused-ring (bicyclic) bond motifs is 1. The Balaban J connectivity index is 1.66. The quantitative estimate of drug-likeness (QED) is 0.644. The van der Waals surface area contributed by atoms with Crippen molar-refractivity contribution >= 4 is 44.3 Å². The molecule has 0 aliphatic heterocycles. The van der Waals surface area contributed by atoms with E-state index in [1.807, 2.05) is 0 Å². The number of carbonyl (C=O) groups is 2. The third kappa shape index (κ3) is 4.19. The summed E-state index contributed by atoms with van der Waals surface area (Å²) in [6, 6.07) is 1.76. The van der Waals surface area contributed by atoms with Gasteiger partial charge in [0.2, 0.25) is 11.8 Å². The fourth-order valence-corrected chi connectivity index (χ4v) is 3.06. The number of nitriles is 1. The van der Waals surface area contributed by atoms with Crippen LogP contribution in [0.3, 0.4) is 0 Å². The van der Waals surface area contributed by atoms with Gasteiger partial charge in [-0.3, -0.25) is 9.59 Å². The van der Waals surface area contributed by atoms with Gasteiger partial charge in [-0.2, -0.15) is 5.26 Å². The molecule has 10 heteroatoms. The first kappa shape index (κ1) is 17.0. The minimum absolute atomic E-state index is 0.0180. The first-order valence-electron chi connectivity index (χ1n) is 7.72. The smallest absolute Gasteiger partial charge is 0.234 e. The van der Waals surface area contributed by atoms with E-state index < -0.39 is 5.82 Å². The number of halogens is 1. The van der Waals surface area contributed by atoms with E-state index in [2.05, 4.69) is 25.9 Å². The number of anilines is 2. The second-order valence-electron chi connectivity index (χ2n) is 5.53. The molecule has 8 nitrogen and oxygen atoms in total. The summed E-state index contributed by atoms with van der Waals surface area (Å²) in [4.78, 5) is 31.2. The topological polar surface area (TPSA) is 120 Å². The highest BCUT2D eigenvalue weighted by atomic mass is 32.1. The normalized spacial score (nSPS) is 13.3. The molecule has 0 bridgehead atoms. The molecule has 0 radical (unpaired) electrons. The second-order valence-corrected chi connectivity index (χ2v) is 6.53. The van der Waals surface area contributed by atoms with E-state index >= 15 is 0 Å². The summed E-state index contributed by atoms with van der Waals surface area (Å²) in [6.07, 6.45) is 2.57. The summed E-state index contributed by atoms with van der Waals surface area (Å²) in [7, 11) is 0. The van der Waals surface area contributed by atoms with Gasteiger partial charge in [-0.15, -0.1) is 0 Å². The molecular weight excluding hydrogens is 347 g/mol. The number of nitrogens with zero attached hydrogens (tertiary/aromatic N) is 3. The maximum absolute atomic E-state index is 13.9. The van der Waals surface area contributed by atoms with Gasteiger partial charge in [0.1, 0.15) is 16.6 Å². The fraction of sp³-hybridized carbons (Fsp3) is 0.400. The number of nitrogens with one attached hydrogen (secondary N) is 3. The van der Waals surface area contributed by atoms with Crippen LogP contribution in [-0.2, 0) is 9.59 Å². The lowest BCUT2D eigenvalue weighted by Crippen LogP contribution is -2.28. The third-order valence-corrected chi connectivity index (χ3v) is 4.55. The molecule has 25 heavy (non-hydrogen) atoms. The maximum Gasteiger partial charge on any atom is 0.234 e. The van der Waals surface area contributed by atoms with Crippen molar-refractivity contribution < 1.29 is 14.0 Å². The monoisotopic (exact) mass is 362 g/mol. The molecule has 0 aromatic carbocycles. The number of hydrogen-bond acceptors (Lipinski definition) is 7. The SMILES string of the molecule is N#CCC(=O)NCCNc1nc2c(F)cnc(NC(=O)C3CC3)c2s1. The van der Waals surface area contributed by atoms with Crippen LogP contribution in [0.1, 0.15) is 19.3 Å². The molecule has 1 saturated carbocycles. The van der Waals surface area contributed by atoms with Gasteiger partial charge in [-0.25, -0.2) is 14.4 Å². The molecule has 0 unspecified atom stereocenters. The van der Waals surface area contributed by atoms with E-state index in [9.17, 15) is 14.0 Å². The van der Waals surface area contributed by atoms with Crippen LogP contribution in [0, 0.1) is 23.1 Å². The molecule has 1 aliphatic rings. The molecule has 130 valence electrons. The van der Waals surface area contributed by atoms with Crippen LogP contribution in [0.4, 0.5) is 15.3 Å². The fourth-order valence-electron chi connectivity index (χ4n) is 2.12. The van der Waals surface area contributed by atoms with E-state index in [4.69, 9.17) is 5.26 Å². The molecule has 1 fully saturated rings. The average Bonchev–Trinajstić information content (AvgIpc) is 3.34. The van der Waals surface area contributed by atoms with Gasteiger partial charge in [0.05, 0.1) is 12.3 Å². The van der Waals surface area contributed by atoms with E-state index in [0.717, 1.165) is 19.0 Å². The van der Waals surface area contributed by atoms with Crippen LogP contribution in [0.2, 0.25) is 0 Å². The Morgan fingerprint density at radius 3 is 2.92 bits per heavy atom. The number of aromatic nitrogens is 2. The lowest BCUT2D eigenvalue weighted by molar-refractivity contribution is -0.120. The van der Waals surface area contributed by atoms with Gasteiger partial charge in [0.15, 0.2) is 16.8 Å². The predicted octanol–water partition coefficient (Wildman–Crippen LogP) is 1.62. The summed E-state index contributed by atoms with van der Waals surface area (Å²) >= 11 is 1.18. The van der Waals surface area contributed by atoms with Gasteiger partial charge in [0.25, 0.3) is 0 Å². The highest BCUT2D eigenvalue weighted by Crippen LogP contribution is 2.34. The molecule has 2 aromatic rings. The largest absolute Gasteiger partial charge is 0.360 e. The number of thiazole rings is 1. The van der Waals surface area contributed by atoms with E-state index in [0.29, 0.717) is 28.7 Å². The Kier molecular flexibility index (Phi) is 5.04. The van der Waals surface area contributed by atoms with Crippen molar-refractivity contribution in [2.75, 3.05) is 23.7 Å². The first-order chi connectivity index (χ1) is 12.1. The molecule has 0 spiro atoms. The zero-order valence-electron chi connectivity index (χ0n) is 13.1. The third-order valence-electron chi connectivity index (χ3n) is 3.53. The Labute approximate surface area is 146 Å². The van der Waals surface area contributed by atoms with Gasteiger partial charge >= 0.3 is 0 Å².